The Balaban J connectivity index is 2.52. The van der Waals surface area contributed by atoms with E-state index in [2.05, 4.69) is 0 Å². The lowest BCUT2D eigenvalue weighted by atomic mass is 9.88. The van der Waals surface area contributed by atoms with Crippen molar-refractivity contribution in [3.63, 3.8) is 0 Å². The number of halogens is 2. The van der Waals surface area contributed by atoms with Crippen molar-refractivity contribution in [1.82, 2.24) is 0 Å². The number of rotatable bonds is 3. The smallest absolute Gasteiger partial charge is 0.162 e. The maximum Gasteiger partial charge on any atom is 0.162 e. The second-order valence-corrected chi connectivity index (χ2v) is 4.41. The van der Waals surface area contributed by atoms with Crippen LogP contribution in [0, 0.1) is 11.6 Å². The van der Waals surface area contributed by atoms with Crippen molar-refractivity contribution in [3.8, 4) is 5.75 Å². The summed E-state index contributed by atoms with van der Waals surface area (Å²) in [6, 6.07) is 2.21. The van der Waals surface area contributed by atoms with Gasteiger partial charge in [-0.05, 0) is 25.8 Å². The van der Waals surface area contributed by atoms with Crippen LogP contribution in [0.25, 0.3) is 0 Å². The lowest BCUT2D eigenvalue weighted by molar-refractivity contribution is 0.389. The van der Waals surface area contributed by atoms with Gasteiger partial charge < -0.3 is 10.5 Å². The fourth-order valence-corrected chi connectivity index (χ4v) is 2.19. The molecule has 2 nitrogen and oxygen atoms in total. The number of hydrogen-bond donors (Lipinski definition) is 1. The minimum atomic E-state index is -0.888. The van der Waals surface area contributed by atoms with Crippen LogP contribution in [0.2, 0.25) is 0 Å². The van der Waals surface area contributed by atoms with Gasteiger partial charge in [0.15, 0.2) is 11.6 Å². The molecular weight excluding hydrogens is 212 g/mol. The van der Waals surface area contributed by atoms with Gasteiger partial charge >= 0.3 is 0 Å². The van der Waals surface area contributed by atoms with Crippen LogP contribution < -0.4 is 10.5 Å². The summed E-state index contributed by atoms with van der Waals surface area (Å²) < 4.78 is 31.4. The van der Waals surface area contributed by atoms with Gasteiger partial charge in [-0.3, -0.25) is 0 Å². The van der Waals surface area contributed by atoms with Crippen LogP contribution in [0.5, 0.6) is 5.75 Å². The van der Waals surface area contributed by atoms with E-state index in [0.29, 0.717) is 11.3 Å². The number of methoxy groups -OCH3 is 1. The Morgan fingerprint density at radius 1 is 1.31 bits per heavy atom. The van der Waals surface area contributed by atoms with Crippen molar-refractivity contribution in [3.05, 3.63) is 29.3 Å². The highest BCUT2D eigenvalue weighted by Crippen LogP contribution is 2.53. The molecule has 1 fully saturated rings. The predicted molar refractivity (Wildman–Crippen MR) is 57.5 cm³/mol. The van der Waals surface area contributed by atoms with E-state index in [1.807, 2.05) is 6.92 Å². The third kappa shape index (κ3) is 1.57. The van der Waals surface area contributed by atoms with Crippen LogP contribution in [0.1, 0.15) is 25.3 Å². The lowest BCUT2D eigenvalue weighted by Crippen LogP contribution is -2.32. The van der Waals surface area contributed by atoms with Crippen LogP contribution >= 0.6 is 0 Å². The van der Waals surface area contributed by atoms with E-state index >= 15 is 0 Å². The summed E-state index contributed by atoms with van der Waals surface area (Å²) in [5.74, 6) is -1.35. The molecule has 0 spiro atoms. The van der Waals surface area contributed by atoms with Crippen molar-refractivity contribution in [2.75, 3.05) is 7.11 Å². The second-order valence-electron chi connectivity index (χ2n) is 4.41. The van der Waals surface area contributed by atoms with Gasteiger partial charge in [-0.1, -0.05) is 0 Å². The van der Waals surface area contributed by atoms with Gasteiger partial charge in [0.2, 0.25) is 0 Å². The zero-order chi connectivity index (χ0) is 11.9. The highest BCUT2D eigenvalue weighted by molar-refractivity contribution is 5.45. The summed E-state index contributed by atoms with van der Waals surface area (Å²) >= 11 is 0. The van der Waals surface area contributed by atoms with Gasteiger partial charge in [-0.2, -0.15) is 0 Å². The molecule has 1 aliphatic rings. The number of benzene rings is 1. The van der Waals surface area contributed by atoms with E-state index in [9.17, 15) is 8.78 Å². The first-order valence-corrected chi connectivity index (χ1v) is 5.30. The normalized spacial score (nSPS) is 19.3. The Hall–Kier alpha value is -1.16. The Bertz CT molecular complexity index is 414. The zero-order valence-corrected chi connectivity index (χ0v) is 9.39. The van der Waals surface area contributed by atoms with E-state index in [4.69, 9.17) is 10.5 Å². The molecule has 0 saturated heterocycles. The minimum absolute atomic E-state index is 0.0914. The first-order valence-electron chi connectivity index (χ1n) is 5.30. The third-order valence-electron chi connectivity index (χ3n) is 3.44. The van der Waals surface area contributed by atoms with Gasteiger partial charge in [-0.15, -0.1) is 0 Å². The first kappa shape index (κ1) is 11.3. The molecule has 2 N–H and O–H groups in total. The molecule has 1 unspecified atom stereocenters. The molecule has 16 heavy (non-hydrogen) atoms. The monoisotopic (exact) mass is 227 g/mol. The molecule has 88 valence electrons. The molecule has 0 radical (unpaired) electrons. The molecule has 1 aromatic rings. The maximum atomic E-state index is 13.2. The number of nitrogens with two attached hydrogens (primary N) is 1. The Kier molecular flexibility index (Phi) is 2.62. The van der Waals surface area contributed by atoms with Crippen molar-refractivity contribution in [1.29, 1.82) is 0 Å². The molecule has 0 aromatic heterocycles. The average Bonchev–Trinajstić information content (AvgIpc) is 3.02. The Morgan fingerprint density at radius 2 is 1.88 bits per heavy atom. The van der Waals surface area contributed by atoms with E-state index in [1.165, 1.54) is 13.2 Å². The average molecular weight is 227 g/mol. The fraction of sp³-hybridized carbons (Fsp3) is 0.500. The van der Waals surface area contributed by atoms with Crippen LogP contribution in [0.3, 0.4) is 0 Å². The molecule has 0 bridgehead atoms. The Morgan fingerprint density at radius 3 is 2.31 bits per heavy atom. The molecule has 0 amide bonds. The van der Waals surface area contributed by atoms with Crippen LogP contribution in [0.15, 0.2) is 12.1 Å². The van der Waals surface area contributed by atoms with E-state index < -0.39 is 11.6 Å². The summed E-state index contributed by atoms with van der Waals surface area (Å²) in [4.78, 5) is 0. The molecule has 0 heterocycles. The van der Waals surface area contributed by atoms with Crippen LogP contribution in [0.4, 0.5) is 8.78 Å². The quantitative estimate of drug-likeness (QED) is 0.860. The molecule has 4 heteroatoms. The molecule has 0 aliphatic heterocycles. The highest BCUT2D eigenvalue weighted by Gasteiger charge is 2.49. The van der Waals surface area contributed by atoms with Crippen LogP contribution in [-0.2, 0) is 5.41 Å². The van der Waals surface area contributed by atoms with E-state index in [-0.39, 0.29) is 11.5 Å². The van der Waals surface area contributed by atoms with E-state index in [1.54, 1.807) is 0 Å². The minimum Gasteiger partial charge on any atom is -0.496 e. The molecule has 1 aliphatic carbocycles. The largest absolute Gasteiger partial charge is 0.496 e. The zero-order valence-electron chi connectivity index (χ0n) is 9.39. The third-order valence-corrected chi connectivity index (χ3v) is 3.44. The first-order chi connectivity index (χ1) is 7.51. The molecule has 2 rings (SSSR count). The molecule has 1 atom stereocenters. The van der Waals surface area contributed by atoms with Crippen molar-refractivity contribution in [2.45, 2.75) is 31.2 Å². The molecule has 1 saturated carbocycles. The molecular formula is C12H15F2NO. The lowest BCUT2D eigenvalue weighted by Gasteiger charge is -2.22. The summed E-state index contributed by atoms with van der Waals surface area (Å²) in [7, 11) is 1.45. The highest BCUT2D eigenvalue weighted by atomic mass is 19.2. The van der Waals surface area contributed by atoms with Gasteiger partial charge in [0, 0.05) is 23.1 Å². The summed E-state index contributed by atoms with van der Waals surface area (Å²) in [5, 5.41) is 0. The standard InChI is InChI=1S/C12H15F2NO/c1-7(15)12(3-4-12)8-5-9(13)10(14)6-11(8)16-2/h5-7H,3-4,15H2,1-2H3. The van der Waals surface area contributed by atoms with Crippen molar-refractivity contribution >= 4 is 0 Å². The van der Waals surface area contributed by atoms with Crippen molar-refractivity contribution < 1.29 is 13.5 Å². The summed E-state index contributed by atoms with van der Waals surface area (Å²) in [5.41, 5.74) is 6.35. The van der Waals surface area contributed by atoms with E-state index in [0.717, 1.165) is 18.9 Å². The van der Waals surface area contributed by atoms with Gasteiger partial charge in [-0.25, -0.2) is 8.78 Å². The SMILES string of the molecule is COc1cc(F)c(F)cc1C1(C(C)N)CC1. The van der Waals surface area contributed by atoms with Crippen molar-refractivity contribution in [2.24, 2.45) is 5.73 Å². The van der Waals surface area contributed by atoms with Crippen LogP contribution in [-0.4, -0.2) is 13.2 Å². The maximum absolute atomic E-state index is 13.2. The van der Waals surface area contributed by atoms with Gasteiger partial charge in [0.05, 0.1) is 7.11 Å². The fourth-order valence-electron chi connectivity index (χ4n) is 2.19. The molecule has 1 aromatic carbocycles. The summed E-state index contributed by atoms with van der Waals surface area (Å²) in [6.45, 7) is 1.88. The number of hydrogen-bond acceptors (Lipinski definition) is 2. The van der Waals surface area contributed by atoms with Gasteiger partial charge in [0.1, 0.15) is 5.75 Å². The topological polar surface area (TPSA) is 35.2 Å². The van der Waals surface area contributed by atoms with Gasteiger partial charge in [0.25, 0.3) is 0 Å². The predicted octanol–water partition coefficient (Wildman–Crippen LogP) is 2.35. The Labute approximate surface area is 93.4 Å². The number of ether oxygens (including phenoxy) is 1. The second kappa shape index (κ2) is 3.70. The summed E-state index contributed by atoms with van der Waals surface area (Å²) in [6.07, 6.45) is 1.79.